The molecule has 9 heteroatoms. The van der Waals surface area contributed by atoms with Crippen molar-refractivity contribution < 1.29 is 22.8 Å². The number of carbonyl (C=O) groups is 3. The standard InChI is InChI=1S/C17H21N3O5S/c1-12(21)18-15-5-2-13(3-6-15)4-7-16(22)19-20-17(23)10-14-8-9-26(24,25)11-14/h2-7,14H,8-11H2,1H3,(H,18,21)(H,19,22)(H,20,23)/b7-4+. The predicted molar refractivity (Wildman–Crippen MR) is 97.4 cm³/mol. The highest BCUT2D eigenvalue weighted by Gasteiger charge is 2.29. The first-order chi connectivity index (χ1) is 12.2. The fourth-order valence-corrected chi connectivity index (χ4v) is 4.43. The van der Waals surface area contributed by atoms with Crippen LogP contribution in [0, 0.1) is 5.92 Å². The number of benzene rings is 1. The topological polar surface area (TPSA) is 121 Å². The second-order valence-corrected chi connectivity index (χ2v) is 8.38. The van der Waals surface area contributed by atoms with Crippen molar-refractivity contribution >= 4 is 39.3 Å². The Morgan fingerprint density at radius 1 is 1.15 bits per heavy atom. The molecule has 0 aromatic heterocycles. The van der Waals surface area contributed by atoms with E-state index in [2.05, 4.69) is 16.2 Å². The van der Waals surface area contributed by atoms with Crippen molar-refractivity contribution in [1.82, 2.24) is 10.9 Å². The summed E-state index contributed by atoms with van der Waals surface area (Å²) < 4.78 is 22.7. The third kappa shape index (κ3) is 6.67. The van der Waals surface area contributed by atoms with E-state index >= 15 is 0 Å². The number of nitrogens with one attached hydrogen (secondary N) is 3. The second-order valence-electron chi connectivity index (χ2n) is 6.15. The van der Waals surface area contributed by atoms with Gasteiger partial charge in [-0.3, -0.25) is 25.2 Å². The molecule has 3 amide bonds. The Labute approximate surface area is 151 Å². The van der Waals surface area contributed by atoms with Crippen LogP contribution in [0.4, 0.5) is 5.69 Å². The van der Waals surface area contributed by atoms with Crippen molar-refractivity contribution in [2.24, 2.45) is 5.92 Å². The second kappa shape index (κ2) is 8.61. The molecule has 0 radical (unpaired) electrons. The predicted octanol–water partition coefficient (Wildman–Crippen LogP) is 0.630. The average Bonchev–Trinajstić information content (AvgIpc) is 2.90. The number of carbonyl (C=O) groups excluding carboxylic acids is 3. The van der Waals surface area contributed by atoms with Crippen LogP contribution in [-0.4, -0.2) is 37.6 Å². The molecule has 1 saturated heterocycles. The third-order valence-corrected chi connectivity index (χ3v) is 5.62. The maximum Gasteiger partial charge on any atom is 0.262 e. The van der Waals surface area contributed by atoms with E-state index in [1.807, 2.05) is 0 Å². The first kappa shape index (κ1) is 19.6. The van der Waals surface area contributed by atoms with Crippen molar-refractivity contribution in [3.8, 4) is 0 Å². The first-order valence-electron chi connectivity index (χ1n) is 8.08. The highest BCUT2D eigenvalue weighted by Crippen LogP contribution is 2.21. The molecule has 1 aliphatic rings. The van der Waals surface area contributed by atoms with Gasteiger partial charge in [0.2, 0.25) is 11.8 Å². The molecule has 1 aromatic carbocycles. The van der Waals surface area contributed by atoms with Crippen LogP contribution in [0.3, 0.4) is 0 Å². The number of amides is 3. The molecule has 140 valence electrons. The van der Waals surface area contributed by atoms with Gasteiger partial charge in [-0.05, 0) is 36.1 Å². The first-order valence-corrected chi connectivity index (χ1v) is 9.90. The Morgan fingerprint density at radius 2 is 1.85 bits per heavy atom. The van der Waals surface area contributed by atoms with Gasteiger partial charge in [0.1, 0.15) is 0 Å². The summed E-state index contributed by atoms with van der Waals surface area (Å²) in [7, 11) is -3.02. The molecule has 1 atom stereocenters. The van der Waals surface area contributed by atoms with Crippen LogP contribution in [-0.2, 0) is 24.2 Å². The molecule has 2 rings (SSSR count). The van der Waals surface area contributed by atoms with Gasteiger partial charge in [-0.2, -0.15) is 0 Å². The SMILES string of the molecule is CC(=O)Nc1ccc(/C=C/C(=O)NNC(=O)CC2CCS(=O)(=O)C2)cc1. The molecule has 0 spiro atoms. The molecule has 1 fully saturated rings. The van der Waals surface area contributed by atoms with E-state index in [1.54, 1.807) is 30.3 Å². The van der Waals surface area contributed by atoms with Crippen molar-refractivity contribution in [3.05, 3.63) is 35.9 Å². The lowest BCUT2D eigenvalue weighted by molar-refractivity contribution is -0.127. The number of anilines is 1. The summed E-state index contributed by atoms with van der Waals surface area (Å²) in [6, 6.07) is 6.87. The van der Waals surface area contributed by atoms with E-state index in [4.69, 9.17) is 0 Å². The Morgan fingerprint density at radius 3 is 2.42 bits per heavy atom. The van der Waals surface area contributed by atoms with E-state index in [0.717, 1.165) is 5.56 Å². The van der Waals surface area contributed by atoms with Gasteiger partial charge in [0.05, 0.1) is 11.5 Å². The fourth-order valence-electron chi connectivity index (χ4n) is 2.57. The van der Waals surface area contributed by atoms with Crippen molar-refractivity contribution in [3.63, 3.8) is 0 Å². The van der Waals surface area contributed by atoms with Gasteiger partial charge in [-0.25, -0.2) is 8.42 Å². The molecule has 1 aliphatic heterocycles. The molecular formula is C17H21N3O5S. The summed E-state index contributed by atoms with van der Waals surface area (Å²) in [4.78, 5) is 34.4. The third-order valence-electron chi connectivity index (χ3n) is 3.78. The maximum absolute atomic E-state index is 11.7. The molecule has 3 N–H and O–H groups in total. The van der Waals surface area contributed by atoms with E-state index in [9.17, 15) is 22.8 Å². The van der Waals surface area contributed by atoms with Crippen LogP contribution in [0.1, 0.15) is 25.3 Å². The highest BCUT2D eigenvalue weighted by atomic mass is 32.2. The summed E-state index contributed by atoms with van der Waals surface area (Å²) in [5.74, 6) is -1.17. The largest absolute Gasteiger partial charge is 0.326 e. The van der Waals surface area contributed by atoms with Crippen molar-refractivity contribution in [2.75, 3.05) is 16.8 Å². The minimum atomic E-state index is -3.02. The van der Waals surface area contributed by atoms with Crippen LogP contribution in [0.25, 0.3) is 6.08 Å². The smallest absolute Gasteiger partial charge is 0.262 e. The van der Waals surface area contributed by atoms with Gasteiger partial charge in [0.15, 0.2) is 9.84 Å². The molecule has 0 saturated carbocycles. The van der Waals surface area contributed by atoms with Crippen LogP contribution in [0.2, 0.25) is 0 Å². The monoisotopic (exact) mass is 379 g/mol. The van der Waals surface area contributed by atoms with Crippen LogP contribution < -0.4 is 16.2 Å². The van der Waals surface area contributed by atoms with Gasteiger partial charge in [0.25, 0.3) is 5.91 Å². The zero-order valence-corrected chi connectivity index (χ0v) is 15.1. The zero-order chi connectivity index (χ0) is 19.2. The summed E-state index contributed by atoms with van der Waals surface area (Å²) >= 11 is 0. The highest BCUT2D eigenvalue weighted by molar-refractivity contribution is 7.91. The Kier molecular flexibility index (Phi) is 6.51. The van der Waals surface area contributed by atoms with Gasteiger partial charge in [-0.1, -0.05) is 12.1 Å². The lowest BCUT2D eigenvalue weighted by Gasteiger charge is -2.08. The number of rotatable bonds is 5. The van der Waals surface area contributed by atoms with E-state index < -0.39 is 21.7 Å². The maximum atomic E-state index is 11.7. The molecule has 1 aromatic rings. The summed E-state index contributed by atoms with van der Waals surface area (Å²) in [6.45, 7) is 1.41. The molecule has 1 unspecified atom stereocenters. The summed E-state index contributed by atoms with van der Waals surface area (Å²) in [5, 5.41) is 2.64. The number of hydrazine groups is 1. The summed E-state index contributed by atoms with van der Waals surface area (Å²) in [6.07, 6.45) is 3.35. The van der Waals surface area contributed by atoms with Crippen LogP contribution >= 0.6 is 0 Å². The van der Waals surface area contributed by atoms with Gasteiger partial charge >= 0.3 is 0 Å². The quantitative estimate of drug-likeness (QED) is 0.512. The molecule has 0 bridgehead atoms. The zero-order valence-electron chi connectivity index (χ0n) is 14.3. The van der Waals surface area contributed by atoms with Crippen molar-refractivity contribution in [2.45, 2.75) is 19.8 Å². The van der Waals surface area contributed by atoms with Crippen LogP contribution in [0.15, 0.2) is 30.3 Å². The fraction of sp³-hybridized carbons (Fsp3) is 0.353. The van der Waals surface area contributed by atoms with Crippen molar-refractivity contribution in [1.29, 1.82) is 0 Å². The Bertz CT molecular complexity index is 815. The van der Waals surface area contributed by atoms with Gasteiger partial charge < -0.3 is 5.32 Å². The minimum Gasteiger partial charge on any atom is -0.326 e. The average molecular weight is 379 g/mol. The van der Waals surface area contributed by atoms with E-state index in [-0.39, 0.29) is 29.8 Å². The number of sulfone groups is 1. The van der Waals surface area contributed by atoms with E-state index in [0.29, 0.717) is 12.1 Å². The number of hydrogen-bond donors (Lipinski definition) is 3. The molecule has 26 heavy (non-hydrogen) atoms. The lowest BCUT2D eigenvalue weighted by atomic mass is 10.1. The summed E-state index contributed by atoms with van der Waals surface area (Å²) in [5.41, 5.74) is 5.92. The molecular weight excluding hydrogens is 358 g/mol. The van der Waals surface area contributed by atoms with Crippen LogP contribution in [0.5, 0.6) is 0 Å². The normalized spacial score (nSPS) is 18.4. The molecule has 0 aliphatic carbocycles. The molecule has 1 heterocycles. The Hall–Kier alpha value is -2.68. The van der Waals surface area contributed by atoms with Gasteiger partial charge in [-0.15, -0.1) is 0 Å². The number of hydrogen-bond acceptors (Lipinski definition) is 5. The molecule has 8 nitrogen and oxygen atoms in total. The van der Waals surface area contributed by atoms with Gasteiger partial charge in [0, 0.05) is 25.1 Å². The van der Waals surface area contributed by atoms with E-state index in [1.165, 1.54) is 13.0 Å². The minimum absolute atomic E-state index is 0.0166. The Balaban J connectivity index is 1.75. The lowest BCUT2D eigenvalue weighted by Crippen LogP contribution is -2.41.